The van der Waals surface area contributed by atoms with Crippen molar-refractivity contribution in [2.24, 2.45) is 10.8 Å². The topological polar surface area (TPSA) is 24.1 Å². The molecule has 0 saturated carbocycles. The van der Waals surface area contributed by atoms with Gasteiger partial charge in [0, 0.05) is 23.5 Å². The first-order valence-electron chi connectivity index (χ1n) is 11.7. The van der Waals surface area contributed by atoms with Crippen molar-refractivity contribution in [1.29, 1.82) is 0 Å². The largest absolute Gasteiger partial charge is 0.382 e. The first kappa shape index (κ1) is 24.9. The minimum absolute atomic E-state index is 0.439. The van der Waals surface area contributed by atoms with Gasteiger partial charge in [-0.1, -0.05) is 68.2 Å². The molecule has 0 bridgehead atoms. The molecule has 0 saturated heterocycles. The normalized spacial score (nSPS) is 14.6. The summed E-state index contributed by atoms with van der Waals surface area (Å²) in [6, 6.07) is 10.1. The molecule has 1 aromatic carbocycles. The zero-order valence-corrected chi connectivity index (χ0v) is 20.1. The molecule has 1 aromatic rings. The molecule has 2 atom stereocenters. The molecule has 2 N–H and O–H groups in total. The van der Waals surface area contributed by atoms with Gasteiger partial charge in [-0.05, 0) is 73.6 Å². The highest BCUT2D eigenvalue weighted by Gasteiger charge is 2.14. The van der Waals surface area contributed by atoms with Crippen molar-refractivity contribution in [3.63, 3.8) is 0 Å². The lowest BCUT2D eigenvalue weighted by Gasteiger charge is -2.23. The van der Waals surface area contributed by atoms with Gasteiger partial charge >= 0.3 is 0 Å². The van der Waals surface area contributed by atoms with Gasteiger partial charge in [-0.25, -0.2) is 0 Å². The Morgan fingerprint density at radius 1 is 0.643 bits per heavy atom. The third kappa shape index (κ3) is 11.6. The van der Waals surface area contributed by atoms with Crippen LogP contribution in [0.25, 0.3) is 0 Å². The minimum Gasteiger partial charge on any atom is -0.382 e. The molecule has 2 nitrogen and oxygen atoms in total. The Morgan fingerprint density at radius 3 is 1.21 bits per heavy atom. The molecule has 0 aliphatic carbocycles. The number of anilines is 2. The van der Waals surface area contributed by atoms with Crippen LogP contribution in [0.5, 0.6) is 0 Å². The zero-order valence-electron chi connectivity index (χ0n) is 20.1. The fraction of sp³-hybridized carbons (Fsp3) is 0.769. The third-order valence-electron chi connectivity index (χ3n) is 5.57. The Balaban J connectivity index is 2.48. The van der Waals surface area contributed by atoms with Crippen LogP contribution in [0.15, 0.2) is 24.3 Å². The summed E-state index contributed by atoms with van der Waals surface area (Å²) >= 11 is 0. The third-order valence-corrected chi connectivity index (χ3v) is 5.57. The van der Waals surface area contributed by atoms with Gasteiger partial charge in [-0.2, -0.15) is 0 Å². The van der Waals surface area contributed by atoms with Crippen LogP contribution in [0.4, 0.5) is 11.4 Å². The number of hydrogen-bond acceptors (Lipinski definition) is 2. The van der Waals surface area contributed by atoms with E-state index >= 15 is 0 Å². The van der Waals surface area contributed by atoms with Crippen LogP contribution in [0, 0.1) is 10.8 Å². The first-order valence-corrected chi connectivity index (χ1v) is 11.7. The lowest BCUT2D eigenvalue weighted by Crippen LogP contribution is -2.20. The number of rotatable bonds is 12. The van der Waals surface area contributed by atoms with Crippen molar-refractivity contribution in [1.82, 2.24) is 0 Å². The Labute approximate surface area is 176 Å². The smallest absolute Gasteiger partial charge is 0.0343 e. The van der Waals surface area contributed by atoms with Crippen LogP contribution in [0.2, 0.25) is 0 Å². The Hall–Kier alpha value is -1.18. The van der Waals surface area contributed by atoms with E-state index in [9.17, 15) is 0 Å². The molecule has 0 aromatic heterocycles. The van der Waals surface area contributed by atoms with Gasteiger partial charge < -0.3 is 10.6 Å². The van der Waals surface area contributed by atoms with Gasteiger partial charge in [0.1, 0.15) is 0 Å². The fourth-order valence-electron chi connectivity index (χ4n) is 3.65. The van der Waals surface area contributed by atoms with Gasteiger partial charge in [-0.15, -0.1) is 0 Å². The van der Waals surface area contributed by atoms with Crippen LogP contribution in [0.3, 0.4) is 0 Å². The van der Waals surface area contributed by atoms with E-state index in [1.807, 2.05) is 0 Å². The van der Waals surface area contributed by atoms with Crippen molar-refractivity contribution in [3.8, 4) is 0 Å². The molecular formula is C26H48N2. The summed E-state index contributed by atoms with van der Waals surface area (Å²) in [5, 5.41) is 7.47. The van der Waals surface area contributed by atoms with Crippen LogP contribution >= 0.6 is 0 Å². The number of benzene rings is 1. The molecular weight excluding hydrogens is 340 g/mol. The molecule has 0 radical (unpaired) electrons. The molecule has 1 rings (SSSR count). The highest BCUT2D eigenvalue weighted by Crippen LogP contribution is 2.25. The number of hydrogen-bond donors (Lipinski definition) is 2. The SMILES string of the molecule is CCC(CCCC(C)(C)C)Nc1ccc(NC(CC)CCCC(C)(C)C)cc1. The second-order valence-electron chi connectivity index (χ2n) is 11.0. The highest BCUT2D eigenvalue weighted by molar-refractivity contribution is 5.54. The Kier molecular flexibility index (Phi) is 10.4. The maximum Gasteiger partial charge on any atom is 0.0343 e. The monoisotopic (exact) mass is 388 g/mol. The molecule has 0 heterocycles. The van der Waals surface area contributed by atoms with E-state index in [-0.39, 0.29) is 0 Å². The van der Waals surface area contributed by atoms with Crippen LogP contribution < -0.4 is 10.6 Å². The molecule has 2 heteroatoms. The highest BCUT2D eigenvalue weighted by atomic mass is 14.9. The summed E-state index contributed by atoms with van der Waals surface area (Å²) in [5.74, 6) is 0. The molecule has 0 aliphatic heterocycles. The van der Waals surface area contributed by atoms with Gasteiger partial charge in [0.2, 0.25) is 0 Å². The fourth-order valence-corrected chi connectivity index (χ4v) is 3.65. The minimum atomic E-state index is 0.439. The van der Waals surface area contributed by atoms with E-state index in [4.69, 9.17) is 0 Å². The van der Waals surface area contributed by atoms with Crippen molar-refractivity contribution in [2.45, 2.75) is 119 Å². The lowest BCUT2D eigenvalue weighted by atomic mass is 9.88. The first-order chi connectivity index (χ1) is 13.0. The van der Waals surface area contributed by atoms with E-state index in [2.05, 4.69) is 90.3 Å². The summed E-state index contributed by atoms with van der Waals surface area (Å²) in [6.45, 7) is 18.6. The standard InChI is InChI=1S/C26H48N2/c1-9-21(13-11-19-25(3,4)5)27-23-15-17-24(18-16-23)28-22(10-2)14-12-20-26(6,7)8/h15-18,21-22,27-28H,9-14,19-20H2,1-8H3. The van der Waals surface area contributed by atoms with Crippen molar-refractivity contribution in [3.05, 3.63) is 24.3 Å². The van der Waals surface area contributed by atoms with E-state index in [1.54, 1.807) is 0 Å². The Bertz CT molecular complexity index is 470. The summed E-state index contributed by atoms with van der Waals surface area (Å²) < 4.78 is 0. The predicted octanol–water partition coefficient (Wildman–Crippen LogP) is 8.50. The average Bonchev–Trinajstić information content (AvgIpc) is 2.59. The average molecular weight is 389 g/mol. The van der Waals surface area contributed by atoms with Crippen LogP contribution in [-0.2, 0) is 0 Å². The van der Waals surface area contributed by atoms with Crippen molar-refractivity contribution in [2.75, 3.05) is 10.6 Å². The zero-order chi connectivity index (χ0) is 21.2. The van der Waals surface area contributed by atoms with Gasteiger partial charge in [0.25, 0.3) is 0 Å². The van der Waals surface area contributed by atoms with E-state index in [1.165, 1.54) is 62.7 Å². The second kappa shape index (κ2) is 11.7. The van der Waals surface area contributed by atoms with Gasteiger partial charge in [0.05, 0.1) is 0 Å². The predicted molar refractivity (Wildman–Crippen MR) is 128 cm³/mol. The molecule has 28 heavy (non-hydrogen) atoms. The van der Waals surface area contributed by atoms with E-state index < -0.39 is 0 Å². The summed E-state index contributed by atoms with van der Waals surface area (Å²) in [6.07, 6.45) is 10.0. The van der Waals surface area contributed by atoms with Crippen molar-refractivity contribution >= 4 is 11.4 Å². The second-order valence-corrected chi connectivity index (χ2v) is 11.0. The molecule has 0 amide bonds. The molecule has 162 valence electrons. The maximum atomic E-state index is 3.73. The van der Waals surface area contributed by atoms with Crippen LogP contribution in [0.1, 0.15) is 107 Å². The quantitative estimate of drug-likeness (QED) is 0.375. The molecule has 2 unspecified atom stereocenters. The Morgan fingerprint density at radius 2 is 0.964 bits per heavy atom. The van der Waals surface area contributed by atoms with Gasteiger partial charge in [0.15, 0.2) is 0 Å². The molecule has 0 fully saturated rings. The number of nitrogens with one attached hydrogen (secondary N) is 2. The van der Waals surface area contributed by atoms with Crippen molar-refractivity contribution < 1.29 is 0 Å². The van der Waals surface area contributed by atoms with E-state index in [0.29, 0.717) is 22.9 Å². The molecule has 0 aliphatic rings. The lowest BCUT2D eigenvalue weighted by molar-refractivity contribution is 0.353. The summed E-state index contributed by atoms with van der Waals surface area (Å²) in [7, 11) is 0. The van der Waals surface area contributed by atoms with E-state index in [0.717, 1.165) is 0 Å². The summed E-state index contributed by atoms with van der Waals surface area (Å²) in [4.78, 5) is 0. The maximum absolute atomic E-state index is 3.73. The van der Waals surface area contributed by atoms with Crippen LogP contribution in [-0.4, -0.2) is 12.1 Å². The molecule has 0 spiro atoms. The van der Waals surface area contributed by atoms with Gasteiger partial charge in [-0.3, -0.25) is 0 Å². The summed E-state index contributed by atoms with van der Waals surface area (Å²) in [5.41, 5.74) is 3.37.